The predicted octanol–water partition coefficient (Wildman–Crippen LogP) is 3.89. The van der Waals surface area contributed by atoms with E-state index in [1.807, 2.05) is 12.1 Å². The number of fused-ring (bicyclic) bond motifs is 4. The second kappa shape index (κ2) is 10.6. The van der Waals surface area contributed by atoms with Crippen molar-refractivity contribution in [2.45, 2.75) is 63.8 Å². The molecule has 5 heterocycles. The topological polar surface area (TPSA) is 95.1 Å². The number of pyridine rings is 1. The Morgan fingerprint density at radius 3 is 2.60 bits per heavy atom. The van der Waals surface area contributed by atoms with Crippen LogP contribution in [0.2, 0.25) is 0 Å². The van der Waals surface area contributed by atoms with Gasteiger partial charge in [0.15, 0.2) is 0 Å². The fraction of sp³-hybridized carbons (Fsp3) is 0.471. The standard InChI is InChI=1S/C34H37N5O4/c40-32-10-8-30(33(41)36-32)39-19-25-15-26(5-6-28(25)34(39)42)43-27-11-12-37(20-27)16-23-3-7-29-24(14-23)4-9-31(35-29)38-17-21-1-2-22(13-21)18-38/h3-7,9,14-15,21-22,27,30H,1-2,8,10-13,16-20H2,(H,36,40,41)/t21-,22+,27-,30?/m0/s1. The third kappa shape index (κ3) is 5.13. The van der Waals surface area contributed by atoms with Crippen molar-refractivity contribution in [3.05, 3.63) is 65.2 Å². The molecule has 1 saturated carbocycles. The van der Waals surface area contributed by atoms with Crippen LogP contribution in [0.3, 0.4) is 0 Å². The lowest BCUT2D eigenvalue weighted by Crippen LogP contribution is -2.52. The molecular formula is C34H37N5O4. The molecular weight excluding hydrogens is 542 g/mol. The number of likely N-dealkylation sites (tertiary alicyclic amines) is 1. The Kier molecular flexibility index (Phi) is 6.58. The molecule has 4 aliphatic heterocycles. The van der Waals surface area contributed by atoms with Crippen LogP contribution in [0.5, 0.6) is 5.75 Å². The lowest BCUT2D eigenvalue weighted by Gasteiger charge is -2.32. The first-order valence-electron chi connectivity index (χ1n) is 15.8. The third-order valence-corrected chi connectivity index (χ3v) is 10.1. The van der Waals surface area contributed by atoms with Crippen molar-refractivity contribution in [3.8, 4) is 5.75 Å². The highest BCUT2D eigenvalue weighted by molar-refractivity contribution is 6.05. The fourth-order valence-electron chi connectivity index (χ4n) is 7.95. The van der Waals surface area contributed by atoms with E-state index in [2.05, 4.69) is 45.4 Å². The van der Waals surface area contributed by atoms with Crippen LogP contribution in [0.25, 0.3) is 10.9 Å². The summed E-state index contributed by atoms with van der Waals surface area (Å²) in [5.41, 5.74) is 3.81. The number of nitrogens with one attached hydrogen (secondary N) is 1. The van der Waals surface area contributed by atoms with Crippen LogP contribution in [0.4, 0.5) is 5.82 Å². The molecule has 3 amide bonds. The summed E-state index contributed by atoms with van der Waals surface area (Å²) in [6.45, 7) is 5.32. The molecule has 2 aromatic carbocycles. The largest absolute Gasteiger partial charge is 0.489 e. The van der Waals surface area contributed by atoms with Gasteiger partial charge in [0, 0.05) is 56.6 Å². The molecule has 4 fully saturated rings. The molecule has 5 aliphatic rings. The van der Waals surface area contributed by atoms with Crippen LogP contribution in [-0.2, 0) is 22.7 Å². The van der Waals surface area contributed by atoms with Crippen LogP contribution < -0.4 is 15.0 Å². The Hall–Kier alpha value is -3.98. The van der Waals surface area contributed by atoms with E-state index in [0.717, 1.165) is 73.6 Å². The number of anilines is 1. The van der Waals surface area contributed by atoms with Gasteiger partial charge in [0.05, 0.1) is 5.52 Å². The van der Waals surface area contributed by atoms with Crippen molar-refractivity contribution < 1.29 is 19.1 Å². The van der Waals surface area contributed by atoms with Crippen LogP contribution in [0.1, 0.15) is 60.0 Å². The van der Waals surface area contributed by atoms with Gasteiger partial charge in [-0.1, -0.05) is 6.07 Å². The second-order valence-corrected chi connectivity index (χ2v) is 13.1. The third-order valence-electron chi connectivity index (χ3n) is 10.1. The number of piperidine rings is 2. The van der Waals surface area contributed by atoms with Gasteiger partial charge < -0.3 is 14.5 Å². The highest BCUT2D eigenvalue weighted by atomic mass is 16.5. The summed E-state index contributed by atoms with van der Waals surface area (Å²) in [5.74, 6) is 2.72. The first-order valence-corrected chi connectivity index (χ1v) is 15.8. The molecule has 3 aromatic rings. The van der Waals surface area contributed by atoms with Crippen molar-refractivity contribution in [2.75, 3.05) is 31.1 Å². The fourth-order valence-corrected chi connectivity index (χ4v) is 7.95. The molecule has 0 spiro atoms. The molecule has 3 saturated heterocycles. The Morgan fingerprint density at radius 1 is 0.907 bits per heavy atom. The van der Waals surface area contributed by atoms with Gasteiger partial charge in [0.2, 0.25) is 11.8 Å². The van der Waals surface area contributed by atoms with Gasteiger partial charge in [-0.3, -0.25) is 24.6 Å². The summed E-state index contributed by atoms with van der Waals surface area (Å²) >= 11 is 0. The number of rotatable bonds is 6. The SMILES string of the molecule is O=C1CCC(N2Cc3cc(O[C@H]4CCN(Cc5ccc6nc(N7C[C@@H]8CC[C@@H](C8)C7)ccc6c5)C4)ccc3C2=O)C(=O)N1. The molecule has 9 nitrogen and oxygen atoms in total. The summed E-state index contributed by atoms with van der Waals surface area (Å²) in [4.78, 5) is 48.4. The van der Waals surface area contributed by atoms with E-state index in [1.54, 1.807) is 11.0 Å². The number of hydrogen-bond acceptors (Lipinski definition) is 7. The number of amides is 3. The van der Waals surface area contributed by atoms with Crippen LogP contribution >= 0.6 is 0 Å². The molecule has 0 radical (unpaired) electrons. The van der Waals surface area contributed by atoms with Crippen molar-refractivity contribution in [1.29, 1.82) is 0 Å². The van der Waals surface area contributed by atoms with E-state index in [4.69, 9.17) is 9.72 Å². The van der Waals surface area contributed by atoms with Gasteiger partial charge in [-0.15, -0.1) is 0 Å². The quantitative estimate of drug-likeness (QED) is 0.443. The molecule has 9 heteroatoms. The average molecular weight is 580 g/mol. The smallest absolute Gasteiger partial charge is 0.255 e. The molecule has 8 rings (SSSR count). The molecule has 2 bridgehead atoms. The highest BCUT2D eigenvalue weighted by Gasteiger charge is 2.39. The van der Waals surface area contributed by atoms with Gasteiger partial charge in [-0.2, -0.15) is 0 Å². The van der Waals surface area contributed by atoms with E-state index in [1.165, 1.54) is 30.2 Å². The van der Waals surface area contributed by atoms with Gasteiger partial charge in [0.25, 0.3) is 5.91 Å². The number of benzene rings is 2. The molecule has 43 heavy (non-hydrogen) atoms. The number of carbonyl (C=O) groups excluding carboxylic acids is 3. The summed E-state index contributed by atoms with van der Waals surface area (Å²) in [6, 6.07) is 16.1. The zero-order valence-corrected chi connectivity index (χ0v) is 24.3. The maximum atomic E-state index is 13.0. The van der Waals surface area contributed by atoms with Gasteiger partial charge in [0.1, 0.15) is 23.7 Å². The first kappa shape index (κ1) is 26.6. The average Bonchev–Trinajstić information content (AvgIpc) is 3.68. The number of imide groups is 1. The molecule has 1 N–H and O–H groups in total. The maximum absolute atomic E-state index is 13.0. The van der Waals surface area contributed by atoms with E-state index in [0.29, 0.717) is 18.5 Å². The maximum Gasteiger partial charge on any atom is 0.255 e. The van der Waals surface area contributed by atoms with Crippen LogP contribution in [-0.4, -0.2) is 70.8 Å². The zero-order chi connectivity index (χ0) is 29.1. The minimum Gasteiger partial charge on any atom is -0.489 e. The summed E-state index contributed by atoms with van der Waals surface area (Å²) in [7, 11) is 0. The van der Waals surface area contributed by atoms with Crippen molar-refractivity contribution in [1.82, 2.24) is 20.1 Å². The van der Waals surface area contributed by atoms with Gasteiger partial charge in [-0.05, 0) is 97.5 Å². The minimum atomic E-state index is -0.608. The molecule has 222 valence electrons. The lowest BCUT2D eigenvalue weighted by molar-refractivity contribution is -0.136. The Bertz CT molecular complexity index is 1610. The van der Waals surface area contributed by atoms with E-state index >= 15 is 0 Å². The van der Waals surface area contributed by atoms with E-state index in [9.17, 15) is 14.4 Å². The Balaban J connectivity index is 0.881. The number of ether oxygens (including phenoxy) is 1. The summed E-state index contributed by atoms with van der Waals surface area (Å²) < 4.78 is 6.37. The number of aromatic nitrogens is 1. The minimum absolute atomic E-state index is 0.0749. The molecule has 1 unspecified atom stereocenters. The highest BCUT2D eigenvalue weighted by Crippen LogP contribution is 2.38. The van der Waals surface area contributed by atoms with Crippen molar-refractivity contribution >= 4 is 34.4 Å². The summed E-state index contributed by atoms with van der Waals surface area (Å²) in [6.07, 6.45) is 5.77. The van der Waals surface area contributed by atoms with Gasteiger partial charge >= 0.3 is 0 Å². The summed E-state index contributed by atoms with van der Waals surface area (Å²) in [5, 5.41) is 3.54. The zero-order valence-electron chi connectivity index (χ0n) is 24.3. The lowest BCUT2D eigenvalue weighted by atomic mass is 9.99. The predicted molar refractivity (Wildman–Crippen MR) is 162 cm³/mol. The number of nitrogens with zero attached hydrogens (tertiary/aromatic N) is 4. The molecule has 1 aliphatic carbocycles. The molecule has 1 aromatic heterocycles. The van der Waals surface area contributed by atoms with Gasteiger partial charge in [-0.25, -0.2) is 4.98 Å². The first-order chi connectivity index (χ1) is 20.9. The van der Waals surface area contributed by atoms with Crippen LogP contribution in [0.15, 0.2) is 48.5 Å². The van der Waals surface area contributed by atoms with E-state index < -0.39 is 11.9 Å². The Labute approximate surface area is 251 Å². The molecule has 4 atom stereocenters. The number of hydrogen-bond donors (Lipinski definition) is 1. The normalized spacial score (nSPS) is 27.2. The van der Waals surface area contributed by atoms with Crippen LogP contribution in [0, 0.1) is 11.8 Å². The monoisotopic (exact) mass is 579 g/mol. The van der Waals surface area contributed by atoms with E-state index in [-0.39, 0.29) is 24.3 Å². The second-order valence-electron chi connectivity index (χ2n) is 13.1. The van der Waals surface area contributed by atoms with Crippen molar-refractivity contribution in [3.63, 3.8) is 0 Å². The van der Waals surface area contributed by atoms with Crippen molar-refractivity contribution in [2.24, 2.45) is 11.8 Å². The number of carbonyl (C=O) groups is 3. The Morgan fingerprint density at radius 2 is 1.77 bits per heavy atom.